The summed E-state index contributed by atoms with van der Waals surface area (Å²) in [6.07, 6.45) is 7.72. The van der Waals surface area contributed by atoms with Gasteiger partial charge in [0.05, 0.1) is 11.7 Å². The van der Waals surface area contributed by atoms with E-state index in [0.29, 0.717) is 24.4 Å². The molecule has 0 radical (unpaired) electrons. The number of aromatic nitrogens is 2. The number of hydrogen-bond donors (Lipinski definition) is 0. The molecule has 2 saturated carbocycles. The molecule has 1 saturated heterocycles. The summed E-state index contributed by atoms with van der Waals surface area (Å²) in [7, 11) is 2.20. The van der Waals surface area contributed by atoms with Crippen LogP contribution in [0.1, 0.15) is 109 Å². The highest BCUT2D eigenvalue weighted by molar-refractivity contribution is 5.88. The first kappa shape index (κ1) is 26.0. The van der Waals surface area contributed by atoms with E-state index in [9.17, 15) is 9.59 Å². The summed E-state index contributed by atoms with van der Waals surface area (Å²) in [6, 6.07) is 0.316. The summed E-state index contributed by atoms with van der Waals surface area (Å²) >= 11 is 0. The van der Waals surface area contributed by atoms with E-state index in [1.165, 1.54) is 36.9 Å². The lowest BCUT2D eigenvalue weighted by Gasteiger charge is -2.38. The van der Waals surface area contributed by atoms with Crippen molar-refractivity contribution in [3.05, 3.63) is 17.5 Å². The first-order chi connectivity index (χ1) is 16.3. The summed E-state index contributed by atoms with van der Waals surface area (Å²) in [5.74, 6) is 1.46. The van der Waals surface area contributed by atoms with Crippen molar-refractivity contribution in [3.8, 4) is 0 Å². The highest BCUT2D eigenvalue weighted by atomic mass is 16.6. The molecule has 2 aliphatic carbocycles. The van der Waals surface area contributed by atoms with Gasteiger partial charge in [-0.1, -0.05) is 0 Å². The van der Waals surface area contributed by atoms with Gasteiger partial charge in [-0.15, -0.1) is 0 Å². The summed E-state index contributed by atoms with van der Waals surface area (Å²) in [5.41, 5.74) is 1.43. The molecule has 2 amide bonds. The summed E-state index contributed by atoms with van der Waals surface area (Å²) in [4.78, 5) is 29.2. The number of hydrogen-bond acceptors (Lipinski definition) is 6. The van der Waals surface area contributed by atoms with Crippen LogP contribution in [0.15, 0.2) is 6.20 Å². The molecule has 1 aromatic rings. The van der Waals surface area contributed by atoms with E-state index in [1.54, 1.807) is 41.5 Å². The number of likely N-dealkylation sites (tertiary alicyclic amines) is 1. The van der Waals surface area contributed by atoms with Crippen LogP contribution in [-0.4, -0.2) is 69.7 Å². The Balaban J connectivity index is 1.40. The lowest BCUT2D eigenvalue weighted by molar-refractivity contribution is -0.00642. The molecule has 0 aromatic carbocycles. The number of rotatable bonds is 5. The minimum atomic E-state index is -0.682. The molecule has 0 N–H and O–H groups in total. The molecule has 3 fully saturated rings. The third-order valence-electron chi connectivity index (χ3n) is 7.17. The molecule has 8 heteroatoms. The molecule has 1 aromatic heterocycles. The van der Waals surface area contributed by atoms with Gasteiger partial charge in [0.1, 0.15) is 11.2 Å². The maximum Gasteiger partial charge on any atom is 0.419 e. The maximum absolute atomic E-state index is 12.8. The van der Waals surface area contributed by atoms with E-state index in [1.807, 2.05) is 0 Å². The molecule has 35 heavy (non-hydrogen) atoms. The van der Waals surface area contributed by atoms with Crippen molar-refractivity contribution < 1.29 is 19.1 Å². The van der Waals surface area contributed by atoms with Gasteiger partial charge in [0, 0.05) is 18.7 Å². The predicted octanol–water partition coefficient (Wildman–Crippen LogP) is 5.69. The Hall–Kier alpha value is -2.09. The van der Waals surface area contributed by atoms with E-state index >= 15 is 0 Å². The largest absolute Gasteiger partial charge is 0.443 e. The molecule has 0 spiro atoms. The van der Waals surface area contributed by atoms with E-state index in [0.717, 1.165) is 30.8 Å². The number of carbonyl (C=O) groups excluding carboxylic acids is 2. The zero-order valence-electron chi connectivity index (χ0n) is 22.7. The van der Waals surface area contributed by atoms with E-state index in [4.69, 9.17) is 14.6 Å². The van der Waals surface area contributed by atoms with Crippen molar-refractivity contribution in [3.63, 3.8) is 0 Å². The molecule has 8 nitrogen and oxygen atoms in total. The normalized spacial score (nSPS) is 24.1. The quantitative estimate of drug-likeness (QED) is 0.530. The maximum atomic E-state index is 12.8. The summed E-state index contributed by atoms with van der Waals surface area (Å²) < 4.78 is 13.2. The van der Waals surface area contributed by atoms with Crippen LogP contribution < -0.4 is 0 Å². The van der Waals surface area contributed by atoms with Crippen LogP contribution >= 0.6 is 0 Å². The van der Waals surface area contributed by atoms with Crippen molar-refractivity contribution in [2.75, 3.05) is 26.7 Å². The average Bonchev–Trinajstić information content (AvgIpc) is 3.44. The molecule has 4 rings (SSSR count). The fourth-order valence-corrected chi connectivity index (χ4v) is 5.10. The number of piperidine rings is 1. The molecule has 0 unspecified atom stereocenters. The van der Waals surface area contributed by atoms with Crippen molar-refractivity contribution in [1.82, 2.24) is 19.6 Å². The number of carbonyl (C=O) groups is 2. The smallest absolute Gasteiger partial charge is 0.419 e. The Morgan fingerprint density at radius 3 is 1.97 bits per heavy atom. The predicted molar refractivity (Wildman–Crippen MR) is 135 cm³/mol. The Labute approximate surface area is 210 Å². The van der Waals surface area contributed by atoms with Gasteiger partial charge in [0.25, 0.3) is 0 Å². The van der Waals surface area contributed by atoms with Crippen LogP contribution in [0.5, 0.6) is 0 Å². The van der Waals surface area contributed by atoms with Crippen molar-refractivity contribution in [2.24, 2.45) is 5.92 Å². The van der Waals surface area contributed by atoms with E-state index in [-0.39, 0.29) is 5.92 Å². The SMILES string of the molecule is CN1CCC(c2cn(C3CC(CN(C(=O)OC(C)(C)C)C(=O)OC(C)(C)C)C3)nc2C2CC2)CC1. The topological polar surface area (TPSA) is 76.9 Å². The number of nitrogens with zero attached hydrogens (tertiary/aromatic N) is 4. The van der Waals surface area contributed by atoms with Gasteiger partial charge in [0.15, 0.2) is 0 Å². The van der Waals surface area contributed by atoms with Gasteiger partial charge in [-0.2, -0.15) is 5.10 Å². The molecular formula is C27H44N4O4. The fourth-order valence-electron chi connectivity index (χ4n) is 5.10. The molecule has 0 bridgehead atoms. The average molecular weight is 489 g/mol. The Morgan fingerprint density at radius 1 is 0.943 bits per heavy atom. The minimum Gasteiger partial charge on any atom is -0.443 e. The first-order valence-corrected chi connectivity index (χ1v) is 13.3. The standard InChI is InChI=1S/C27H44N4O4/c1-26(2,3)34-24(32)30(25(33)35-27(4,5)6)16-18-14-21(15-18)31-17-22(23(28-31)20-8-9-20)19-10-12-29(7)13-11-19/h17-21H,8-16H2,1-7H3. The third kappa shape index (κ3) is 6.78. The zero-order valence-corrected chi connectivity index (χ0v) is 22.7. The third-order valence-corrected chi connectivity index (χ3v) is 7.17. The molecule has 1 aliphatic heterocycles. The number of imide groups is 1. The first-order valence-electron chi connectivity index (χ1n) is 13.3. The van der Waals surface area contributed by atoms with Crippen LogP contribution in [0.4, 0.5) is 9.59 Å². The van der Waals surface area contributed by atoms with Crippen LogP contribution in [-0.2, 0) is 9.47 Å². The van der Waals surface area contributed by atoms with Gasteiger partial charge >= 0.3 is 12.2 Å². The van der Waals surface area contributed by atoms with Gasteiger partial charge < -0.3 is 14.4 Å². The van der Waals surface area contributed by atoms with Gasteiger partial charge in [-0.25, -0.2) is 14.5 Å². The van der Waals surface area contributed by atoms with Crippen molar-refractivity contribution in [1.29, 1.82) is 0 Å². The van der Waals surface area contributed by atoms with Crippen LogP contribution in [0, 0.1) is 5.92 Å². The second kappa shape index (κ2) is 9.75. The Kier molecular flexibility index (Phi) is 7.24. The van der Waals surface area contributed by atoms with Crippen molar-refractivity contribution >= 4 is 12.2 Å². The second-order valence-corrected chi connectivity index (χ2v) is 12.9. The van der Waals surface area contributed by atoms with Crippen LogP contribution in [0.3, 0.4) is 0 Å². The molecule has 3 aliphatic rings. The molecule has 2 heterocycles. The highest BCUT2D eigenvalue weighted by Crippen LogP contribution is 2.46. The molecular weight excluding hydrogens is 444 g/mol. The Bertz CT molecular complexity index is 883. The lowest BCUT2D eigenvalue weighted by atomic mass is 9.80. The zero-order chi connectivity index (χ0) is 25.5. The van der Waals surface area contributed by atoms with E-state index < -0.39 is 23.4 Å². The monoisotopic (exact) mass is 488 g/mol. The molecule has 196 valence electrons. The second-order valence-electron chi connectivity index (χ2n) is 12.9. The molecule has 0 atom stereocenters. The van der Waals surface area contributed by atoms with Crippen LogP contribution in [0.2, 0.25) is 0 Å². The van der Waals surface area contributed by atoms with Gasteiger partial charge in [-0.05, 0) is 118 Å². The van der Waals surface area contributed by atoms with Gasteiger partial charge in [-0.3, -0.25) is 4.68 Å². The summed E-state index contributed by atoms with van der Waals surface area (Å²) in [6.45, 7) is 13.4. The van der Waals surface area contributed by atoms with Gasteiger partial charge in [0.2, 0.25) is 0 Å². The minimum absolute atomic E-state index is 0.209. The van der Waals surface area contributed by atoms with Crippen LogP contribution in [0.25, 0.3) is 0 Å². The van der Waals surface area contributed by atoms with E-state index in [2.05, 4.69) is 22.8 Å². The number of amides is 2. The summed E-state index contributed by atoms with van der Waals surface area (Å²) in [5, 5.41) is 5.08. The number of ether oxygens (including phenoxy) is 2. The van der Waals surface area contributed by atoms with Crippen molar-refractivity contribution in [2.45, 2.75) is 109 Å². The highest BCUT2D eigenvalue weighted by Gasteiger charge is 2.40. The fraction of sp³-hybridized carbons (Fsp3) is 0.815. The Morgan fingerprint density at radius 2 is 1.49 bits per heavy atom. The lowest BCUT2D eigenvalue weighted by Crippen LogP contribution is -2.47.